The molecule has 0 radical (unpaired) electrons. The molecule has 2 atom stereocenters. The van der Waals surface area contributed by atoms with E-state index >= 15 is 0 Å². The van der Waals surface area contributed by atoms with E-state index in [9.17, 15) is 0 Å². The second-order valence-electron chi connectivity index (χ2n) is 4.85. The van der Waals surface area contributed by atoms with E-state index in [-0.39, 0.29) is 0 Å². The van der Waals surface area contributed by atoms with Gasteiger partial charge in [-0.15, -0.1) is 0 Å². The first-order chi connectivity index (χ1) is 5.47. The molecule has 1 rings (SSSR count). The molecule has 0 saturated carbocycles. The van der Waals surface area contributed by atoms with E-state index in [0.29, 0.717) is 10.8 Å². The Labute approximate surface area is 77.1 Å². The summed E-state index contributed by atoms with van der Waals surface area (Å²) in [6.45, 7) is 11.7. The highest BCUT2D eigenvalue weighted by molar-refractivity contribution is 5.21. The molecule has 12 heavy (non-hydrogen) atoms. The average molecular weight is 166 g/mol. The molecule has 2 unspecified atom stereocenters. The third kappa shape index (κ3) is 1.22. The van der Waals surface area contributed by atoms with Gasteiger partial charge in [0.25, 0.3) is 0 Å². The van der Waals surface area contributed by atoms with Crippen molar-refractivity contribution in [3.05, 3.63) is 11.6 Å². The lowest BCUT2D eigenvalue weighted by atomic mass is 9.65. The summed E-state index contributed by atoms with van der Waals surface area (Å²) in [4.78, 5) is 0. The zero-order valence-corrected chi connectivity index (χ0v) is 9.20. The van der Waals surface area contributed by atoms with Gasteiger partial charge in [-0.3, -0.25) is 0 Å². The number of hydrogen-bond acceptors (Lipinski definition) is 0. The molecule has 0 amide bonds. The van der Waals surface area contributed by atoms with Crippen LogP contribution in [0.4, 0.5) is 0 Å². The van der Waals surface area contributed by atoms with Crippen LogP contribution in [0.5, 0.6) is 0 Å². The molecule has 0 saturated heterocycles. The molecule has 0 nitrogen and oxygen atoms in total. The van der Waals surface area contributed by atoms with Crippen LogP contribution < -0.4 is 0 Å². The molecule has 0 heteroatoms. The molecule has 0 N–H and O–H groups in total. The topological polar surface area (TPSA) is 0 Å². The van der Waals surface area contributed by atoms with Gasteiger partial charge in [-0.25, -0.2) is 0 Å². The quantitative estimate of drug-likeness (QED) is 0.540. The van der Waals surface area contributed by atoms with Crippen LogP contribution in [0.25, 0.3) is 0 Å². The molecule has 1 aliphatic rings. The lowest BCUT2D eigenvalue weighted by Gasteiger charge is -2.39. The lowest BCUT2D eigenvalue weighted by Crippen LogP contribution is -2.31. The van der Waals surface area contributed by atoms with Gasteiger partial charge in [-0.2, -0.15) is 0 Å². The van der Waals surface area contributed by atoms with E-state index in [1.807, 2.05) is 0 Å². The number of hydrogen-bond donors (Lipinski definition) is 0. The van der Waals surface area contributed by atoms with Crippen molar-refractivity contribution in [1.29, 1.82) is 0 Å². The zero-order valence-electron chi connectivity index (χ0n) is 9.20. The lowest BCUT2D eigenvalue weighted by molar-refractivity contribution is 0.130. The second kappa shape index (κ2) is 2.90. The fraction of sp³-hybridized carbons (Fsp3) is 0.833. The first-order valence-corrected chi connectivity index (χ1v) is 5.16. The third-order valence-corrected chi connectivity index (χ3v) is 4.13. The minimum Gasteiger partial charge on any atom is -0.0791 e. The summed E-state index contributed by atoms with van der Waals surface area (Å²) in [5.41, 5.74) is 2.56. The van der Waals surface area contributed by atoms with Crippen molar-refractivity contribution in [2.75, 3.05) is 0 Å². The maximum absolute atomic E-state index is 2.50. The Balaban J connectivity index is 2.96. The van der Waals surface area contributed by atoms with Crippen molar-refractivity contribution in [2.24, 2.45) is 10.8 Å². The monoisotopic (exact) mass is 166 g/mol. The third-order valence-electron chi connectivity index (χ3n) is 4.13. The molecule has 0 heterocycles. The fourth-order valence-corrected chi connectivity index (χ4v) is 2.64. The summed E-state index contributed by atoms with van der Waals surface area (Å²) in [5.74, 6) is 0. The molecule has 0 fully saturated rings. The maximum atomic E-state index is 2.50. The number of allylic oxidation sites excluding steroid dienone is 2. The van der Waals surface area contributed by atoms with Gasteiger partial charge in [-0.1, -0.05) is 39.3 Å². The summed E-state index contributed by atoms with van der Waals surface area (Å²) < 4.78 is 0. The summed E-state index contributed by atoms with van der Waals surface area (Å²) >= 11 is 0. The van der Waals surface area contributed by atoms with E-state index < -0.39 is 0 Å². The highest BCUT2D eigenvalue weighted by Gasteiger charge is 2.44. The SMILES string of the molecule is CCC1(C)C=C(C)CC1(C)CC. The molecule has 0 aromatic carbocycles. The first kappa shape index (κ1) is 9.83. The predicted octanol–water partition coefficient (Wildman–Crippen LogP) is 4.17. The van der Waals surface area contributed by atoms with Gasteiger partial charge < -0.3 is 0 Å². The van der Waals surface area contributed by atoms with Crippen LogP contribution in [0.1, 0.15) is 53.9 Å². The van der Waals surface area contributed by atoms with E-state index in [4.69, 9.17) is 0 Å². The van der Waals surface area contributed by atoms with Crippen molar-refractivity contribution in [1.82, 2.24) is 0 Å². The highest BCUT2D eigenvalue weighted by atomic mass is 14.5. The molecule has 0 aromatic heterocycles. The molecule has 0 aromatic rings. The van der Waals surface area contributed by atoms with Gasteiger partial charge in [0.15, 0.2) is 0 Å². The largest absolute Gasteiger partial charge is 0.0791 e. The van der Waals surface area contributed by atoms with E-state index in [1.54, 1.807) is 5.57 Å². The fourth-order valence-electron chi connectivity index (χ4n) is 2.64. The summed E-state index contributed by atoms with van der Waals surface area (Å²) in [6, 6.07) is 0. The van der Waals surface area contributed by atoms with Crippen LogP contribution in [-0.2, 0) is 0 Å². The Hall–Kier alpha value is -0.260. The van der Waals surface area contributed by atoms with Gasteiger partial charge in [0.05, 0.1) is 0 Å². The van der Waals surface area contributed by atoms with Crippen LogP contribution in [0.15, 0.2) is 11.6 Å². The predicted molar refractivity (Wildman–Crippen MR) is 55.2 cm³/mol. The maximum Gasteiger partial charge on any atom is -0.00898 e. The van der Waals surface area contributed by atoms with Crippen molar-refractivity contribution in [2.45, 2.75) is 53.9 Å². The Kier molecular flexibility index (Phi) is 2.38. The minimum atomic E-state index is 0.450. The molecule has 0 bridgehead atoms. The van der Waals surface area contributed by atoms with E-state index in [2.05, 4.69) is 40.7 Å². The van der Waals surface area contributed by atoms with Crippen LogP contribution in [0, 0.1) is 10.8 Å². The molecule has 70 valence electrons. The molecular formula is C12H22. The van der Waals surface area contributed by atoms with Gasteiger partial charge in [0.2, 0.25) is 0 Å². The second-order valence-corrected chi connectivity index (χ2v) is 4.85. The number of rotatable bonds is 2. The smallest absolute Gasteiger partial charge is 0.00898 e. The van der Waals surface area contributed by atoms with E-state index in [0.717, 1.165) is 0 Å². The minimum absolute atomic E-state index is 0.450. The molecule has 0 aliphatic heterocycles. The van der Waals surface area contributed by atoms with Gasteiger partial charge in [0.1, 0.15) is 0 Å². The van der Waals surface area contributed by atoms with Crippen molar-refractivity contribution in [3.8, 4) is 0 Å². The Morgan fingerprint density at radius 2 is 1.83 bits per heavy atom. The standard InChI is InChI=1S/C12H22/c1-6-11(4)8-10(3)9-12(11,5)7-2/h8H,6-7,9H2,1-5H3. The van der Waals surface area contributed by atoms with Crippen LogP contribution in [0.3, 0.4) is 0 Å². The average Bonchev–Trinajstić information content (AvgIpc) is 2.25. The summed E-state index contributed by atoms with van der Waals surface area (Å²) in [5, 5.41) is 0. The zero-order chi connectivity index (χ0) is 9.41. The van der Waals surface area contributed by atoms with Gasteiger partial charge in [0, 0.05) is 0 Å². The van der Waals surface area contributed by atoms with Crippen LogP contribution in [0.2, 0.25) is 0 Å². The summed E-state index contributed by atoms with van der Waals surface area (Å²) in [6.07, 6.45) is 6.37. The molecular weight excluding hydrogens is 144 g/mol. The Morgan fingerprint density at radius 3 is 2.17 bits per heavy atom. The summed E-state index contributed by atoms with van der Waals surface area (Å²) in [7, 11) is 0. The molecule has 1 aliphatic carbocycles. The van der Waals surface area contributed by atoms with Crippen LogP contribution in [-0.4, -0.2) is 0 Å². The Bertz CT molecular complexity index is 202. The first-order valence-electron chi connectivity index (χ1n) is 5.16. The van der Waals surface area contributed by atoms with Gasteiger partial charge in [-0.05, 0) is 37.0 Å². The van der Waals surface area contributed by atoms with Crippen LogP contribution >= 0.6 is 0 Å². The Morgan fingerprint density at radius 1 is 1.25 bits per heavy atom. The van der Waals surface area contributed by atoms with Crippen molar-refractivity contribution < 1.29 is 0 Å². The highest BCUT2D eigenvalue weighted by Crippen LogP contribution is 2.54. The molecule has 0 spiro atoms. The van der Waals surface area contributed by atoms with Crippen molar-refractivity contribution in [3.63, 3.8) is 0 Å². The van der Waals surface area contributed by atoms with E-state index in [1.165, 1.54) is 19.3 Å². The van der Waals surface area contributed by atoms with Gasteiger partial charge >= 0.3 is 0 Å². The van der Waals surface area contributed by atoms with Crippen molar-refractivity contribution >= 4 is 0 Å². The normalized spacial score (nSPS) is 41.6.